The van der Waals surface area contributed by atoms with E-state index in [-0.39, 0.29) is 11.3 Å². The summed E-state index contributed by atoms with van der Waals surface area (Å²) in [6, 6.07) is 5.35. The van der Waals surface area contributed by atoms with Crippen molar-refractivity contribution in [3.05, 3.63) is 51.3 Å². The maximum absolute atomic E-state index is 11.7. The second-order valence-electron chi connectivity index (χ2n) is 4.09. The van der Waals surface area contributed by atoms with Gasteiger partial charge >= 0.3 is 0 Å². The molecule has 0 saturated heterocycles. The van der Waals surface area contributed by atoms with Crippen LogP contribution >= 0.6 is 0 Å². The Bertz CT molecular complexity index is 722. The maximum Gasteiger partial charge on any atom is 0.291 e. The van der Waals surface area contributed by atoms with E-state index in [1.165, 1.54) is 18.2 Å². The fourth-order valence-corrected chi connectivity index (χ4v) is 1.54. The van der Waals surface area contributed by atoms with E-state index in [4.69, 9.17) is 0 Å². The molecule has 2 aromatic rings. The summed E-state index contributed by atoms with van der Waals surface area (Å²) in [5, 5.41) is 32.2. The summed E-state index contributed by atoms with van der Waals surface area (Å²) >= 11 is 0. The first kappa shape index (κ1) is 14.2. The van der Waals surface area contributed by atoms with Crippen LogP contribution in [0, 0.1) is 17.0 Å². The van der Waals surface area contributed by atoms with Gasteiger partial charge in [-0.1, -0.05) is 12.1 Å². The number of nitro groups is 1. The molecule has 9 heteroatoms. The Morgan fingerprint density at radius 3 is 2.90 bits per heavy atom. The molecule has 0 aliphatic carbocycles. The van der Waals surface area contributed by atoms with E-state index < -0.39 is 22.3 Å². The average Bonchev–Trinajstić information content (AvgIpc) is 2.87. The van der Waals surface area contributed by atoms with Crippen molar-refractivity contribution in [1.82, 2.24) is 15.6 Å². The molecule has 0 aliphatic rings. The number of H-pyrrole nitrogens is 1. The lowest BCUT2D eigenvalue weighted by molar-refractivity contribution is -0.398. The molecular formula is C12H10N5O4-. The van der Waals surface area contributed by atoms with E-state index >= 15 is 0 Å². The third-order valence-electron chi connectivity index (χ3n) is 2.53. The summed E-state index contributed by atoms with van der Waals surface area (Å²) in [6.07, 6.45) is 1.05. The predicted octanol–water partition coefficient (Wildman–Crippen LogP) is 0.464. The normalized spacial score (nSPS) is 10.7. The lowest BCUT2D eigenvalue weighted by Gasteiger charge is -2.09. The molecule has 0 aliphatic heterocycles. The molecule has 0 fully saturated rings. The van der Waals surface area contributed by atoms with Crippen LogP contribution in [0.5, 0.6) is 5.75 Å². The summed E-state index contributed by atoms with van der Waals surface area (Å²) in [6.45, 7) is 1.74. The largest absolute Gasteiger partial charge is 0.867 e. The van der Waals surface area contributed by atoms with Gasteiger partial charge in [0.15, 0.2) is 5.69 Å². The van der Waals surface area contributed by atoms with Crippen LogP contribution in [0.4, 0.5) is 5.69 Å². The van der Waals surface area contributed by atoms with Gasteiger partial charge in [-0.2, -0.15) is 10.2 Å². The summed E-state index contributed by atoms with van der Waals surface area (Å²) in [5.41, 5.74) is 2.49. The molecule has 0 radical (unpaired) electrons. The molecule has 0 bridgehead atoms. The number of nitrogens with zero attached hydrogens (tertiary/aromatic N) is 3. The molecule has 21 heavy (non-hydrogen) atoms. The number of benzene rings is 1. The van der Waals surface area contributed by atoms with Crippen molar-refractivity contribution >= 4 is 17.8 Å². The molecule has 1 aromatic heterocycles. The maximum atomic E-state index is 11.7. The number of hydrazone groups is 1. The Labute approximate surface area is 118 Å². The predicted molar refractivity (Wildman–Crippen MR) is 70.9 cm³/mol. The molecule has 108 valence electrons. The summed E-state index contributed by atoms with van der Waals surface area (Å²) in [4.78, 5) is 21.5. The standard InChI is InChI=1S/C12H11N5O4/c1-7-5-9(15-14-7)12(19)16-13-6-8-3-2-4-10(11(8)18)17(20)21/h2-6,18H,1H3,(H,14,15)(H,16,19)/p-1/b13-6-. The molecule has 0 saturated carbocycles. The highest BCUT2D eigenvalue weighted by Crippen LogP contribution is 2.24. The molecule has 2 rings (SSSR count). The minimum absolute atomic E-state index is 0.00251. The van der Waals surface area contributed by atoms with E-state index in [1.54, 1.807) is 6.92 Å². The van der Waals surface area contributed by atoms with Gasteiger partial charge in [0.05, 0.1) is 11.1 Å². The molecule has 1 amide bonds. The number of carbonyl (C=O) groups is 1. The van der Waals surface area contributed by atoms with Gasteiger partial charge < -0.3 is 5.11 Å². The highest BCUT2D eigenvalue weighted by molar-refractivity contribution is 5.93. The fraction of sp³-hybridized carbons (Fsp3) is 0.0833. The third-order valence-corrected chi connectivity index (χ3v) is 2.53. The van der Waals surface area contributed by atoms with E-state index in [9.17, 15) is 20.0 Å². The van der Waals surface area contributed by atoms with Crippen LogP contribution in [0.25, 0.3) is 0 Å². The van der Waals surface area contributed by atoms with Crippen molar-refractivity contribution in [3.8, 4) is 5.75 Å². The van der Waals surface area contributed by atoms with E-state index in [1.807, 2.05) is 0 Å². The number of hydrogen-bond donors (Lipinski definition) is 2. The van der Waals surface area contributed by atoms with Gasteiger partial charge in [-0.15, -0.1) is 0 Å². The van der Waals surface area contributed by atoms with Crippen LogP contribution < -0.4 is 10.5 Å². The number of aryl methyl sites for hydroxylation is 1. The Morgan fingerprint density at radius 2 is 2.29 bits per heavy atom. The third kappa shape index (κ3) is 3.21. The van der Waals surface area contributed by atoms with Gasteiger partial charge in [0, 0.05) is 11.8 Å². The number of nitrogens with one attached hydrogen (secondary N) is 2. The van der Waals surface area contributed by atoms with Crippen molar-refractivity contribution in [1.29, 1.82) is 0 Å². The van der Waals surface area contributed by atoms with Gasteiger partial charge in [0.25, 0.3) is 11.6 Å². The first-order chi connectivity index (χ1) is 9.99. The summed E-state index contributed by atoms with van der Waals surface area (Å²) < 4.78 is 0. The van der Waals surface area contributed by atoms with E-state index in [2.05, 4.69) is 20.7 Å². The van der Waals surface area contributed by atoms with Crippen molar-refractivity contribution < 1.29 is 14.8 Å². The Kier molecular flexibility index (Phi) is 3.93. The quantitative estimate of drug-likeness (QED) is 0.478. The number of aromatic nitrogens is 2. The van der Waals surface area contributed by atoms with Crippen molar-refractivity contribution in [2.24, 2.45) is 5.10 Å². The van der Waals surface area contributed by atoms with Crippen LogP contribution in [0.15, 0.2) is 29.4 Å². The number of nitro benzene ring substituents is 1. The molecule has 9 nitrogen and oxygen atoms in total. The lowest BCUT2D eigenvalue weighted by atomic mass is 10.2. The summed E-state index contributed by atoms with van der Waals surface area (Å²) in [7, 11) is 0. The molecule has 1 aromatic carbocycles. The molecule has 2 N–H and O–H groups in total. The molecular weight excluding hydrogens is 278 g/mol. The van der Waals surface area contributed by atoms with Gasteiger partial charge in [-0.3, -0.25) is 20.0 Å². The summed E-state index contributed by atoms with van der Waals surface area (Å²) in [5.74, 6) is -1.33. The van der Waals surface area contributed by atoms with E-state index in [0.29, 0.717) is 5.69 Å². The van der Waals surface area contributed by atoms with Crippen LogP contribution in [-0.2, 0) is 0 Å². The van der Waals surface area contributed by atoms with Crippen LogP contribution in [0.1, 0.15) is 21.7 Å². The molecule has 0 atom stereocenters. The zero-order valence-corrected chi connectivity index (χ0v) is 10.9. The van der Waals surface area contributed by atoms with Crippen molar-refractivity contribution in [2.75, 3.05) is 0 Å². The highest BCUT2D eigenvalue weighted by Gasteiger charge is 2.09. The van der Waals surface area contributed by atoms with Gasteiger partial charge in [0.1, 0.15) is 0 Å². The van der Waals surface area contributed by atoms with Crippen molar-refractivity contribution in [3.63, 3.8) is 0 Å². The Morgan fingerprint density at radius 1 is 1.52 bits per heavy atom. The second kappa shape index (κ2) is 5.82. The zero-order chi connectivity index (χ0) is 15.4. The first-order valence-corrected chi connectivity index (χ1v) is 5.79. The van der Waals surface area contributed by atoms with Crippen LogP contribution in [-0.4, -0.2) is 27.2 Å². The minimum atomic E-state index is -0.773. The highest BCUT2D eigenvalue weighted by atomic mass is 16.6. The number of rotatable bonds is 4. The fourth-order valence-electron chi connectivity index (χ4n) is 1.54. The average molecular weight is 288 g/mol. The zero-order valence-electron chi connectivity index (χ0n) is 10.9. The number of hydrogen-bond acceptors (Lipinski definition) is 6. The van der Waals surface area contributed by atoms with Crippen LogP contribution in [0.3, 0.4) is 0 Å². The minimum Gasteiger partial charge on any atom is -0.867 e. The number of carbonyl (C=O) groups excluding carboxylic acids is 1. The van der Waals surface area contributed by atoms with Crippen molar-refractivity contribution in [2.45, 2.75) is 6.92 Å². The topological polar surface area (TPSA) is 136 Å². The molecule has 0 unspecified atom stereocenters. The SMILES string of the molecule is Cc1cc(C(=O)N/N=C\c2cccc([N+](=O)[O-])c2[O-])n[nH]1. The first-order valence-electron chi connectivity index (χ1n) is 5.79. The lowest BCUT2D eigenvalue weighted by Crippen LogP contribution is -2.18. The number of para-hydroxylation sites is 1. The number of aromatic amines is 1. The van der Waals surface area contributed by atoms with Gasteiger partial charge in [-0.05, 0) is 24.3 Å². The Balaban J connectivity index is 2.10. The van der Waals surface area contributed by atoms with Gasteiger partial charge in [0.2, 0.25) is 0 Å². The second-order valence-corrected chi connectivity index (χ2v) is 4.09. The number of amides is 1. The molecule has 1 heterocycles. The Hall–Kier alpha value is -3.23. The molecule has 0 spiro atoms. The van der Waals surface area contributed by atoms with E-state index in [0.717, 1.165) is 12.3 Å². The smallest absolute Gasteiger partial charge is 0.291 e. The monoisotopic (exact) mass is 288 g/mol. The van der Waals surface area contributed by atoms with Gasteiger partial charge in [-0.25, -0.2) is 5.43 Å². The van der Waals surface area contributed by atoms with Crippen LogP contribution in [0.2, 0.25) is 0 Å².